The van der Waals surface area contributed by atoms with Crippen molar-refractivity contribution in [2.24, 2.45) is 0 Å². The predicted molar refractivity (Wildman–Crippen MR) is 110 cm³/mol. The maximum atomic E-state index is 12.2. The highest BCUT2D eigenvalue weighted by Gasteiger charge is 2.13. The molecule has 0 fully saturated rings. The first-order chi connectivity index (χ1) is 14.6. The lowest BCUT2D eigenvalue weighted by Gasteiger charge is -2.05. The van der Waals surface area contributed by atoms with E-state index >= 15 is 0 Å². The molecule has 30 heavy (non-hydrogen) atoms. The number of ether oxygens (including phenoxy) is 2. The van der Waals surface area contributed by atoms with E-state index in [9.17, 15) is 9.59 Å². The molecule has 0 amide bonds. The number of benzene rings is 2. The van der Waals surface area contributed by atoms with E-state index in [1.54, 1.807) is 49.4 Å². The van der Waals surface area contributed by atoms with Crippen LogP contribution in [0.4, 0.5) is 0 Å². The Bertz CT molecular complexity index is 1090. The average molecular weight is 401 g/mol. The molecule has 0 atom stereocenters. The summed E-state index contributed by atoms with van der Waals surface area (Å²) in [6.07, 6.45) is 1.33. The fourth-order valence-electron chi connectivity index (χ4n) is 2.65. The Balaban J connectivity index is 1.67. The van der Waals surface area contributed by atoms with Crippen LogP contribution in [0, 0.1) is 11.3 Å². The van der Waals surface area contributed by atoms with Gasteiger partial charge in [-0.2, -0.15) is 5.26 Å². The van der Waals surface area contributed by atoms with Crippen LogP contribution in [0.25, 0.3) is 17.4 Å². The van der Waals surface area contributed by atoms with E-state index in [0.717, 1.165) is 11.1 Å². The lowest BCUT2D eigenvalue weighted by atomic mass is 10.1. The monoisotopic (exact) mass is 401 g/mol. The van der Waals surface area contributed by atoms with Gasteiger partial charge in [-0.25, -0.2) is 9.59 Å². The highest BCUT2D eigenvalue weighted by atomic mass is 16.5. The summed E-state index contributed by atoms with van der Waals surface area (Å²) >= 11 is 0. The van der Waals surface area contributed by atoms with Gasteiger partial charge in [-0.1, -0.05) is 42.5 Å². The standard InChI is InChI=1S/C24H19NO5/c1-2-28-24(27)20(15-25)14-21-12-13-22(30-21)18-8-10-19(11-9-18)23(26)29-16-17-6-4-3-5-7-17/h3-14H,2,16H2,1H3/b20-14-. The SMILES string of the molecule is CCOC(=O)/C(C#N)=C\c1ccc(-c2ccc(C(=O)OCc3ccccc3)cc2)o1. The summed E-state index contributed by atoms with van der Waals surface area (Å²) in [5.74, 6) is -0.231. The van der Waals surface area contributed by atoms with Crippen molar-refractivity contribution >= 4 is 18.0 Å². The Morgan fingerprint density at radius 3 is 2.40 bits per heavy atom. The summed E-state index contributed by atoms with van der Waals surface area (Å²) in [4.78, 5) is 23.9. The summed E-state index contributed by atoms with van der Waals surface area (Å²) in [5, 5.41) is 9.10. The van der Waals surface area contributed by atoms with Gasteiger partial charge in [0, 0.05) is 11.6 Å². The smallest absolute Gasteiger partial charge is 0.349 e. The molecule has 0 N–H and O–H groups in total. The van der Waals surface area contributed by atoms with Crippen molar-refractivity contribution in [1.29, 1.82) is 5.26 Å². The van der Waals surface area contributed by atoms with E-state index in [4.69, 9.17) is 19.2 Å². The van der Waals surface area contributed by atoms with Gasteiger partial charge in [-0.15, -0.1) is 0 Å². The summed E-state index contributed by atoms with van der Waals surface area (Å²) in [7, 11) is 0. The van der Waals surface area contributed by atoms with E-state index in [-0.39, 0.29) is 18.8 Å². The largest absolute Gasteiger partial charge is 0.462 e. The van der Waals surface area contributed by atoms with E-state index in [0.29, 0.717) is 17.1 Å². The number of nitriles is 1. The molecule has 0 bridgehead atoms. The minimum absolute atomic E-state index is 0.144. The Kier molecular flexibility index (Phi) is 6.80. The molecule has 0 saturated carbocycles. The molecule has 1 heterocycles. The lowest BCUT2D eigenvalue weighted by molar-refractivity contribution is -0.137. The average Bonchev–Trinajstić information content (AvgIpc) is 3.25. The van der Waals surface area contributed by atoms with E-state index in [1.165, 1.54) is 6.08 Å². The van der Waals surface area contributed by atoms with Gasteiger partial charge >= 0.3 is 11.9 Å². The maximum Gasteiger partial charge on any atom is 0.349 e. The van der Waals surface area contributed by atoms with Gasteiger partial charge in [0.05, 0.1) is 12.2 Å². The van der Waals surface area contributed by atoms with Gasteiger partial charge in [0.25, 0.3) is 0 Å². The second-order valence-electron chi connectivity index (χ2n) is 6.23. The van der Waals surface area contributed by atoms with Gasteiger partial charge in [0.1, 0.15) is 29.8 Å². The highest BCUT2D eigenvalue weighted by molar-refractivity contribution is 5.97. The van der Waals surface area contributed by atoms with Crippen LogP contribution in [0.5, 0.6) is 0 Å². The molecule has 0 radical (unpaired) electrons. The second-order valence-corrected chi connectivity index (χ2v) is 6.23. The topological polar surface area (TPSA) is 89.5 Å². The van der Waals surface area contributed by atoms with E-state index < -0.39 is 11.9 Å². The van der Waals surface area contributed by atoms with Crippen LogP contribution in [-0.4, -0.2) is 18.5 Å². The Labute approximate surface area is 174 Å². The molecule has 6 heteroatoms. The van der Waals surface area contributed by atoms with Gasteiger partial charge < -0.3 is 13.9 Å². The zero-order valence-corrected chi connectivity index (χ0v) is 16.3. The number of hydrogen-bond donors (Lipinski definition) is 0. The van der Waals surface area contributed by atoms with Gasteiger partial charge in [0.2, 0.25) is 0 Å². The normalized spacial score (nSPS) is 10.9. The van der Waals surface area contributed by atoms with Crippen LogP contribution in [0.3, 0.4) is 0 Å². The third-order valence-electron chi connectivity index (χ3n) is 4.15. The fraction of sp³-hybridized carbons (Fsp3) is 0.125. The Morgan fingerprint density at radius 1 is 1.00 bits per heavy atom. The van der Waals surface area contributed by atoms with Crippen molar-refractivity contribution in [3.8, 4) is 17.4 Å². The lowest BCUT2D eigenvalue weighted by Crippen LogP contribution is -2.05. The molecule has 0 saturated heterocycles. The van der Waals surface area contributed by atoms with E-state index in [1.807, 2.05) is 30.3 Å². The van der Waals surface area contributed by atoms with Gasteiger partial charge in [-0.05, 0) is 36.8 Å². The molecule has 0 spiro atoms. The Hall–Kier alpha value is -4.11. The number of carbonyl (C=O) groups is 2. The molecule has 0 unspecified atom stereocenters. The first-order valence-corrected chi connectivity index (χ1v) is 9.31. The number of hydrogen-bond acceptors (Lipinski definition) is 6. The fourth-order valence-corrected chi connectivity index (χ4v) is 2.65. The van der Waals surface area contributed by atoms with Crippen LogP contribution in [0.1, 0.15) is 28.6 Å². The van der Waals surface area contributed by atoms with Crippen LogP contribution in [0.2, 0.25) is 0 Å². The summed E-state index contributed by atoms with van der Waals surface area (Å²) in [6, 6.07) is 21.4. The molecule has 0 aliphatic heterocycles. The van der Waals surface area contributed by atoms with Crippen molar-refractivity contribution in [1.82, 2.24) is 0 Å². The molecule has 1 aromatic heterocycles. The molecule has 3 aromatic rings. The zero-order valence-electron chi connectivity index (χ0n) is 16.3. The molecule has 6 nitrogen and oxygen atoms in total. The molecule has 150 valence electrons. The van der Waals surface area contributed by atoms with Crippen LogP contribution >= 0.6 is 0 Å². The first kappa shape index (κ1) is 20.6. The summed E-state index contributed by atoms with van der Waals surface area (Å²) < 4.78 is 15.8. The second kappa shape index (κ2) is 9.89. The number of nitrogens with zero attached hydrogens (tertiary/aromatic N) is 1. The van der Waals surface area contributed by atoms with E-state index in [2.05, 4.69) is 0 Å². The predicted octanol–water partition coefficient (Wildman–Crippen LogP) is 4.77. The highest BCUT2D eigenvalue weighted by Crippen LogP contribution is 2.24. The number of esters is 2. The third-order valence-corrected chi connectivity index (χ3v) is 4.15. The maximum absolute atomic E-state index is 12.2. The minimum atomic E-state index is -0.698. The van der Waals surface area contributed by atoms with Crippen molar-refractivity contribution in [3.63, 3.8) is 0 Å². The molecule has 0 aliphatic carbocycles. The van der Waals surface area contributed by atoms with Crippen molar-refractivity contribution < 1.29 is 23.5 Å². The molecule has 2 aromatic carbocycles. The van der Waals surface area contributed by atoms with Gasteiger partial charge in [0.15, 0.2) is 0 Å². The number of rotatable bonds is 7. The van der Waals surface area contributed by atoms with Crippen LogP contribution in [0.15, 0.2) is 76.7 Å². The van der Waals surface area contributed by atoms with Gasteiger partial charge in [-0.3, -0.25) is 0 Å². The molecule has 3 rings (SSSR count). The van der Waals surface area contributed by atoms with Crippen molar-refractivity contribution in [3.05, 3.63) is 89.2 Å². The molecule has 0 aliphatic rings. The van der Waals surface area contributed by atoms with Crippen molar-refractivity contribution in [2.45, 2.75) is 13.5 Å². The first-order valence-electron chi connectivity index (χ1n) is 9.31. The van der Waals surface area contributed by atoms with Crippen LogP contribution < -0.4 is 0 Å². The zero-order chi connectivity index (χ0) is 21.3. The molecular formula is C24H19NO5. The molecular weight excluding hydrogens is 382 g/mol. The van der Waals surface area contributed by atoms with Crippen molar-refractivity contribution in [2.75, 3.05) is 6.61 Å². The summed E-state index contributed by atoms with van der Waals surface area (Å²) in [6.45, 7) is 2.05. The third kappa shape index (κ3) is 5.24. The number of carbonyl (C=O) groups excluding carboxylic acids is 2. The summed E-state index contributed by atoms with van der Waals surface area (Å²) in [5.41, 5.74) is 1.94. The Morgan fingerprint density at radius 2 is 1.73 bits per heavy atom. The number of furan rings is 1. The quantitative estimate of drug-likeness (QED) is 0.322. The van der Waals surface area contributed by atoms with Crippen LogP contribution in [-0.2, 0) is 20.9 Å². The minimum Gasteiger partial charge on any atom is -0.462 e.